The second kappa shape index (κ2) is 13.1. The minimum Gasteiger partial charge on any atom is -0.457 e. The monoisotopic (exact) mass is 692 g/mol. The summed E-state index contributed by atoms with van der Waals surface area (Å²) in [4.78, 5) is 19.5. The van der Waals surface area contributed by atoms with Gasteiger partial charge in [-0.3, -0.25) is 4.98 Å². The molecule has 0 radical (unpaired) electrons. The first kappa shape index (κ1) is 31.5. The second-order valence-corrected chi connectivity index (χ2v) is 13.4. The van der Waals surface area contributed by atoms with Crippen molar-refractivity contribution in [3.05, 3.63) is 217 Å². The van der Waals surface area contributed by atoms with Crippen LogP contribution in [-0.4, -0.2) is 19.9 Å². The minimum absolute atomic E-state index is 0.616. The van der Waals surface area contributed by atoms with E-state index in [1.807, 2.05) is 85.1 Å². The fourth-order valence-corrected chi connectivity index (χ4v) is 7.84. The molecule has 0 saturated heterocycles. The van der Waals surface area contributed by atoms with Crippen LogP contribution in [0.1, 0.15) is 22.3 Å². The van der Waals surface area contributed by atoms with E-state index in [2.05, 4.69) is 114 Å². The first-order valence-electron chi connectivity index (χ1n) is 18.0. The lowest BCUT2D eigenvalue weighted by Gasteiger charge is -2.41. The predicted octanol–water partition coefficient (Wildman–Crippen LogP) is 11.6. The molecule has 0 atom stereocenters. The molecule has 0 spiro atoms. The van der Waals surface area contributed by atoms with Crippen molar-refractivity contribution in [1.29, 1.82) is 0 Å². The van der Waals surface area contributed by atoms with Crippen LogP contribution in [0.25, 0.3) is 56.2 Å². The third kappa shape index (κ3) is 5.25. The van der Waals surface area contributed by atoms with Gasteiger partial charge in [0.25, 0.3) is 0 Å². The van der Waals surface area contributed by atoms with Crippen molar-refractivity contribution < 1.29 is 4.74 Å². The van der Waals surface area contributed by atoms with Crippen LogP contribution < -0.4 is 4.74 Å². The highest BCUT2D eigenvalue weighted by atomic mass is 16.5. The molecule has 7 aromatic carbocycles. The van der Waals surface area contributed by atoms with E-state index in [0.717, 1.165) is 72.5 Å². The molecular weight excluding hydrogens is 661 g/mol. The molecule has 0 N–H and O–H groups in total. The van der Waals surface area contributed by atoms with Crippen molar-refractivity contribution in [2.24, 2.45) is 0 Å². The third-order valence-corrected chi connectivity index (χ3v) is 10.4. The molecular formula is C49H32N4O. The van der Waals surface area contributed by atoms with Gasteiger partial charge in [-0.25, -0.2) is 15.0 Å². The molecule has 10 rings (SSSR count). The first-order chi connectivity index (χ1) is 26.8. The van der Waals surface area contributed by atoms with Crippen LogP contribution in [-0.2, 0) is 5.41 Å². The average Bonchev–Trinajstić information content (AvgIpc) is 3.26. The van der Waals surface area contributed by atoms with Gasteiger partial charge < -0.3 is 4.74 Å². The predicted molar refractivity (Wildman–Crippen MR) is 215 cm³/mol. The van der Waals surface area contributed by atoms with Crippen molar-refractivity contribution in [3.8, 4) is 56.8 Å². The molecule has 9 aromatic rings. The van der Waals surface area contributed by atoms with Crippen molar-refractivity contribution in [3.63, 3.8) is 0 Å². The van der Waals surface area contributed by atoms with Crippen LogP contribution in [0.15, 0.2) is 194 Å². The van der Waals surface area contributed by atoms with E-state index in [0.29, 0.717) is 17.5 Å². The zero-order valence-electron chi connectivity index (χ0n) is 29.2. The third-order valence-electron chi connectivity index (χ3n) is 10.4. The lowest BCUT2D eigenvalue weighted by Crippen LogP contribution is -2.34. The zero-order chi connectivity index (χ0) is 35.9. The molecule has 0 amide bonds. The lowest BCUT2D eigenvalue weighted by molar-refractivity contribution is 0.434. The van der Waals surface area contributed by atoms with E-state index in [1.54, 1.807) is 0 Å². The lowest BCUT2D eigenvalue weighted by atomic mass is 9.63. The molecule has 254 valence electrons. The molecule has 1 aliphatic rings. The van der Waals surface area contributed by atoms with Gasteiger partial charge >= 0.3 is 0 Å². The molecule has 2 aromatic heterocycles. The quantitative estimate of drug-likeness (QED) is 0.174. The number of hydrogen-bond donors (Lipinski definition) is 0. The van der Waals surface area contributed by atoms with E-state index in [-0.39, 0.29) is 0 Å². The number of nitrogens with zero attached hydrogens (tertiary/aromatic N) is 4. The zero-order valence-corrected chi connectivity index (χ0v) is 29.2. The molecule has 54 heavy (non-hydrogen) atoms. The number of hydrogen-bond acceptors (Lipinski definition) is 5. The molecule has 0 aliphatic carbocycles. The van der Waals surface area contributed by atoms with Crippen molar-refractivity contribution in [2.45, 2.75) is 5.41 Å². The van der Waals surface area contributed by atoms with E-state index >= 15 is 0 Å². The highest BCUT2D eigenvalue weighted by molar-refractivity contribution is 5.94. The normalized spacial score (nSPS) is 12.7. The Kier molecular flexibility index (Phi) is 7.62. The van der Waals surface area contributed by atoms with Crippen LogP contribution >= 0.6 is 0 Å². The van der Waals surface area contributed by atoms with Crippen LogP contribution in [0.4, 0.5) is 0 Å². The van der Waals surface area contributed by atoms with Gasteiger partial charge in [-0.1, -0.05) is 164 Å². The Morgan fingerprint density at radius 3 is 1.41 bits per heavy atom. The topological polar surface area (TPSA) is 60.8 Å². The SMILES string of the molecule is c1ccc(-c2nc(-c3ccccc3)nc(-c3ccc(C4(c5ccc(-c6cccc7ncccc67)cc5)c5ccccc5Oc5ccccc54)cc3)n2)cc1. The number of rotatable bonds is 6. The smallest absolute Gasteiger partial charge is 0.164 e. The van der Waals surface area contributed by atoms with Gasteiger partial charge in [0.1, 0.15) is 11.5 Å². The molecule has 0 unspecified atom stereocenters. The van der Waals surface area contributed by atoms with E-state index < -0.39 is 5.41 Å². The van der Waals surface area contributed by atoms with Crippen LogP contribution in [0.5, 0.6) is 11.5 Å². The van der Waals surface area contributed by atoms with Gasteiger partial charge in [0.05, 0.1) is 10.9 Å². The maximum absolute atomic E-state index is 6.59. The Bertz CT molecular complexity index is 2670. The summed E-state index contributed by atoms with van der Waals surface area (Å²) in [6.07, 6.45) is 1.84. The number of para-hydroxylation sites is 2. The first-order valence-corrected chi connectivity index (χ1v) is 18.0. The van der Waals surface area contributed by atoms with E-state index in [1.165, 1.54) is 0 Å². The number of fused-ring (bicyclic) bond motifs is 3. The van der Waals surface area contributed by atoms with Gasteiger partial charge in [0.2, 0.25) is 0 Å². The van der Waals surface area contributed by atoms with E-state index in [4.69, 9.17) is 19.7 Å². The molecule has 3 heterocycles. The van der Waals surface area contributed by atoms with Gasteiger partial charge in [-0.2, -0.15) is 0 Å². The van der Waals surface area contributed by atoms with Crippen molar-refractivity contribution in [2.75, 3.05) is 0 Å². The van der Waals surface area contributed by atoms with Gasteiger partial charge in [-0.15, -0.1) is 0 Å². The molecule has 0 bridgehead atoms. The van der Waals surface area contributed by atoms with Gasteiger partial charge in [-0.05, 0) is 46.5 Å². The van der Waals surface area contributed by atoms with Crippen molar-refractivity contribution in [1.82, 2.24) is 19.9 Å². The summed E-state index contributed by atoms with van der Waals surface area (Å²) < 4.78 is 6.59. The largest absolute Gasteiger partial charge is 0.457 e. The molecule has 5 heteroatoms. The summed E-state index contributed by atoms with van der Waals surface area (Å²) in [7, 11) is 0. The summed E-state index contributed by atoms with van der Waals surface area (Å²) in [6.45, 7) is 0. The Labute approximate surface area is 313 Å². The standard InChI is InChI=1S/C49H32N4O/c1-3-13-34(14-4-1)46-51-47(35-15-5-2-6-16-35)53-48(52-46)36-26-30-38(31-27-36)49(41-19-7-9-22-44(41)54-45-23-10-8-20-42(45)49)37-28-24-33(25-29-37)39-17-11-21-43-40(39)18-12-32-50-43/h1-32H. The number of pyridine rings is 1. The number of benzene rings is 7. The maximum atomic E-state index is 6.59. The maximum Gasteiger partial charge on any atom is 0.164 e. The highest BCUT2D eigenvalue weighted by Gasteiger charge is 2.45. The van der Waals surface area contributed by atoms with Crippen molar-refractivity contribution >= 4 is 10.9 Å². The molecule has 0 fully saturated rings. The fraction of sp³-hybridized carbons (Fsp3) is 0.0204. The summed E-state index contributed by atoms with van der Waals surface area (Å²) in [5.74, 6) is 3.55. The van der Waals surface area contributed by atoms with Gasteiger partial charge in [0, 0.05) is 39.4 Å². The molecule has 5 nitrogen and oxygen atoms in total. The summed E-state index contributed by atoms with van der Waals surface area (Å²) >= 11 is 0. The summed E-state index contributed by atoms with van der Waals surface area (Å²) in [6, 6.07) is 65.0. The van der Waals surface area contributed by atoms with Crippen LogP contribution in [0, 0.1) is 0 Å². The summed E-state index contributed by atoms with van der Waals surface area (Å²) in [5.41, 5.74) is 9.78. The van der Waals surface area contributed by atoms with Crippen LogP contribution in [0.2, 0.25) is 0 Å². The minimum atomic E-state index is -0.674. The summed E-state index contributed by atoms with van der Waals surface area (Å²) in [5, 5.41) is 1.13. The Balaban J connectivity index is 1.15. The second-order valence-electron chi connectivity index (χ2n) is 13.4. The fourth-order valence-electron chi connectivity index (χ4n) is 7.84. The number of ether oxygens (including phenoxy) is 1. The molecule has 1 aliphatic heterocycles. The van der Waals surface area contributed by atoms with Crippen LogP contribution in [0.3, 0.4) is 0 Å². The molecule has 0 saturated carbocycles. The Hall–Kier alpha value is -7.24. The Morgan fingerprint density at radius 2 is 0.852 bits per heavy atom. The van der Waals surface area contributed by atoms with E-state index in [9.17, 15) is 0 Å². The number of aromatic nitrogens is 4. The highest BCUT2D eigenvalue weighted by Crippen LogP contribution is 2.55. The Morgan fingerprint density at radius 1 is 0.370 bits per heavy atom. The average molecular weight is 693 g/mol. The van der Waals surface area contributed by atoms with Gasteiger partial charge in [0.15, 0.2) is 17.5 Å².